The quantitative estimate of drug-likeness (QED) is 0.343. The number of amides is 2. The molecule has 1 saturated heterocycles. The van der Waals surface area contributed by atoms with Gasteiger partial charge in [-0.25, -0.2) is 0 Å². The molecule has 2 heterocycles. The van der Waals surface area contributed by atoms with Gasteiger partial charge in [0.15, 0.2) is 0 Å². The van der Waals surface area contributed by atoms with Crippen LogP contribution in [0.3, 0.4) is 0 Å². The minimum Gasteiger partial charge on any atom is -0.337 e. The highest BCUT2D eigenvalue weighted by molar-refractivity contribution is 9.10. The number of hydrogen-bond donors (Lipinski definition) is 0. The summed E-state index contributed by atoms with van der Waals surface area (Å²) in [6.07, 6.45) is 8.02. The minimum atomic E-state index is -0.277. The van der Waals surface area contributed by atoms with Crippen LogP contribution in [0.2, 0.25) is 0 Å². The Kier molecular flexibility index (Phi) is 9.86. The summed E-state index contributed by atoms with van der Waals surface area (Å²) in [7, 11) is 0. The Bertz CT molecular complexity index is 959. The van der Waals surface area contributed by atoms with E-state index in [1.165, 1.54) is 0 Å². The van der Waals surface area contributed by atoms with Crippen LogP contribution in [0.1, 0.15) is 70.7 Å². The molecule has 2 amide bonds. The van der Waals surface area contributed by atoms with Crippen LogP contribution in [0.15, 0.2) is 45.9 Å². The maximum Gasteiger partial charge on any atom is 0.249 e. The average Bonchev–Trinajstić information content (AvgIpc) is 3.34. The summed E-state index contributed by atoms with van der Waals surface area (Å²) in [4.78, 5) is 34.7. The van der Waals surface area contributed by atoms with Crippen molar-refractivity contribution in [1.29, 1.82) is 0 Å². The van der Waals surface area contributed by atoms with E-state index in [1.54, 1.807) is 15.9 Å². The molecule has 0 saturated carbocycles. The Morgan fingerprint density at radius 2 is 2.06 bits per heavy atom. The summed E-state index contributed by atoms with van der Waals surface area (Å²) >= 11 is 3.43. The summed E-state index contributed by atoms with van der Waals surface area (Å²) in [5.41, 5.74) is 0.854. The molecule has 1 fully saturated rings. The van der Waals surface area contributed by atoms with Crippen molar-refractivity contribution in [2.24, 2.45) is 5.92 Å². The van der Waals surface area contributed by atoms with Crippen LogP contribution < -0.4 is 0 Å². The van der Waals surface area contributed by atoms with Gasteiger partial charge in [-0.05, 0) is 56.4 Å². The summed E-state index contributed by atoms with van der Waals surface area (Å²) < 4.78 is 6.58. The van der Waals surface area contributed by atoms with Gasteiger partial charge in [-0.1, -0.05) is 53.9 Å². The summed E-state index contributed by atoms with van der Waals surface area (Å²) in [6.45, 7) is 8.97. The van der Waals surface area contributed by atoms with Gasteiger partial charge in [0, 0.05) is 29.0 Å². The van der Waals surface area contributed by atoms with Crippen molar-refractivity contribution in [3.05, 3.63) is 47.3 Å². The van der Waals surface area contributed by atoms with E-state index in [-0.39, 0.29) is 30.3 Å². The van der Waals surface area contributed by atoms with Crippen molar-refractivity contribution in [3.63, 3.8) is 0 Å². The number of aromatic nitrogens is 2. The molecule has 1 aromatic heterocycles. The van der Waals surface area contributed by atoms with Gasteiger partial charge in [0.1, 0.15) is 12.6 Å². The van der Waals surface area contributed by atoms with Crippen molar-refractivity contribution in [3.8, 4) is 11.4 Å². The van der Waals surface area contributed by atoms with Crippen LogP contribution in [0.4, 0.5) is 0 Å². The number of hydrogen-bond acceptors (Lipinski definition) is 5. The molecule has 1 aromatic carbocycles. The van der Waals surface area contributed by atoms with E-state index in [0.717, 1.165) is 55.0 Å². The van der Waals surface area contributed by atoms with Crippen molar-refractivity contribution < 1.29 is 14.1 Å². The SMILES string of the molecule is C=CCN(CC(=O)N1CCCCC1c1nc(-c2ccc(Br)cc2)no1)C(=O)C(CC)CCCC. The molecule has 2 atom stereocenters. The summed E-state index contributed by atoms with van der Waals surface area (Å²) in [5, 5.41) is 4.15. The Hall–Kier alpha value is -2.48. The third-order valence-corrected chi connectivity index (χ3v) is 6.92. The molecular formula is C26H35BrN4O3. The van der Waals surface area contributed by atoms with E-state index < -0.39 is 0 Å². The Morgan fingerprint density at radius 3 is 2.74 bits per heavy atom. The van der Waals surface area contributed by atoms with E-state index >= 15 is 0 Å². The molecule has 2 unspecified atom stereocenters. The lowest BCUT2D eigenvalue weighted by atomic mass is 9.97. The Morgan fingerprint density at radius 1 is 1.29 bits per heavy atom. The first-order chi connectivity index (χ1) is 16.5. The van der Waals surface area contributed by atoms with Crippen molar-refractivity contribution in [2.45, 2.75) is 64.8 Å². The highest BCUT2D eigenvalue weighted by Gasteiger charge is 2.34. The first-order valence-corrected chi connectivity index (χ1v) is 13.1. The molecule has 2 aromatic rings. The van der Waals surface area contributed by atoms with Gasteiger partial charge < -0.3 is 14.3 Å². The van der Waals surface area contributed by atoms with Gasteiger partial charge in [0.05, 0.1) is 0 Å². The monoisotopic (exact) mass is 530 g/mol. The molecule has 0 spiro atoms. The van der Waals surface area contributed by atoms with E-state index in [2.05, 4.69) is 39.6 Å². The fourth-order valence-electron chi connectivity index (χ4n) is 4.43. The van der Waals surface area contributed by atoms with Crippen LogP contribution in [-0.2, 0) is 9.59 Å². The Labute approximate surface area is 210 Å². The molecule has 3 rings (SSSR count). The lowest BCUT2D eigenvalue weighted by Gasteiger charge is -2.35. The normalized spacial score (nSPS) is 16.8. The van der Waals surface area contributed by atoms with Gasteiger partial charge in [0.25, 0.3) is 0 Å². The number of halogens is 1. The van der Waals surface area contributed by atoms with Gasteiger partial charge in [-0.3, -0.25) is 9.59 Å². The summed E-state index contributed by atoms with van der Waals surface area (Å²) in [6, 6.07) is 7.42. The summed E-state index contributed by atoms with van der Waals surface area (Å²) in [5.74, 6) is 0.837. The second kappa shape index (κ2) is 12.8. The molecule has 1 aliphatic heterocycles. The molecule has 0 bridgehead atoms. The maximum absolute atomic E-state index is 13.4. The van der Waals surface area contributed by atoms with Gasteiger partial charge in [-0.15, -0.1) is 6.58 Å². The second-order valence-electron chi connectivity index (χ2n) is 8.82. The third kappa shape index (κ3) is 6.56. The number of rotatable bonds is 11. The van der Waals surface area contributed by atoms with Gasteiger partial charge in [0.2, 0.25) is 23.5 Å². The van der Waals surface area contributed by atoms with E-state index in [1.807, 2.05) is 31.2 Å². The predicted molar refractivity (Wildman–Crippen MR) is 136 cm³/mol. The van der Waals surface area contributed by atoms with E-state index in [9.17, 15) is 9.59 Å². The number of carbonyl (C=O) groups is 2. The van der Waals surface area contributed by atoms with Crippen LogP contribution in [-0.4, -0.2) is 51.4 Å². The van der Waals surface area contributed by atoms with Crippen LogP contribution in [0.25, 0.3) is 11.4 Å². The molecule has 0 radical (unpaired) electrons. The lowest BCUT2D eigenvalue weighted by Crippen LogP contribution is -2.47. The standard InChI is InChI=1S/C26H35BrN4O3/c1-4-7-10-19(6-3)26(33)30(16-5-2)18-23(32)31-17-9-8-11-22(31)25-28-24(29-34-25)20-12-14-21(27)15-13-20/h5,12-15,19,22H,2,4,6-11,16-18H2,1,3H3. The zero-order valence-corrected chi connectivity index (χ0v) is 21.8. The predicted octanol–water partition coefficient (Wildman–Crippen LogP) is 5.78. The zero-order valence-electron chi connectivity index (χ0n) is 20.2. The van der Waals surface area contributed by atoms with Crippen molar-refractivity contribution >= 4 is 27.7 Å². The molecule has 184 valence electrons. The molecular weight excluding hydrogens is 496 g/mol. The topological polar surface area (TPSA) is 79.5 Å². The Balaban J connectivity index is 1.74. The number of nitrogens with zero attached hydrogens (tertiary/aromatic N) is 4. The number of benzene rings is 1. The van der Waals surface area contributed by atoms with Gasteiger partial charge >= 0.3 is 0 Å². The number of carbonyl (C=O) groups excluding carboxylic acids is 2. The smallest absolute Gasteiger partial charge is 0.249 e. The van der Waals surface area contributed by atoms with E-state index in [0.29, 0.717) is 24.8 Å². The fourth-order valence-corrected chi connectivity index (χ4v) is 4.69. The number of likely N-dealkylation sites (tertiary alicyclic amines) is 1. The molecule has 0 N–H and O–H groups in total. The molecule has 34 heavy (non-hydrogen) atoms. The molecule has 0 aliphatic carbocycles. The average molecular weight is 531 g/mol. The second-order valence-corrected chi connectivity index (χ2v) is 9.73. The van der Waals surface area contributed by atoms with Crippen molar-refractivity contribution in [1.82, 2.24) is 19.9 Å². The molecule has 8 heteroatoms. The lowest BCUT2D eigenvalue weighted by molar-refractivity contribution is -0.145. The largest absolute Gasteiger partial charge is 0.337 e. The highest BCUT2D eigenvalue weighted by atomic mass is 79.9. The number of piperidine rings is 1. The first-order valence-electron chi connectivity index (χ1n) is 12.3. The van der Waals surface area contributed by atoms with Crippen LogP contribution in [0.5, 0.6) is 0 Å². The highest BCUT2D eigenvalue weighted by Crippen LogP contribution is 2.31. The molecule has 1 aliphatic rings. The first kappa shape index (κ1) is 26.1. The minimum absolute atomic E-state index is 0.0353. The van der Waals surface area contributed by atoms with Crippen molar-refractivity contribution in [2.75, 3.05) is 19.6 Å². The van der Waals surface area contributed by atoms with Crippen LogP contribution in [0, 0.1) is 5.92 Å². The number of unbranched alkanes of at least 4 members (excludes halogenated alkanes) is 1. The van der Waals surface area contributed by atoms with Gasteiger partial charge in [-0.2, -0.15) is 4.98 Å². The van der Waals surface area contributed by atoms with E-state index in [4.69, 9.17) is 4.52 Å². The zero-order chi connectivity index (χ0) is 24.5. The van der Waals surface area contributed by atoms with Crippen LogP contribution >= 0.6 is 15.9 Å². The third-order valence-electron chi connectivity index (χ3n) is 6.39. The fraction of sp³-hybridized carbons (Fsp3) is 0.538. The maximum atomic E-state index is 13.4. The molecule has 7 nitrogen and oxygen atoms in total.